The number of amides is 5. The van der Waals surface area contributed by atoms with Crippen molar-refractivity contribution in [3.8, 4) is 0 Å². The van der Waals surface area contributed by atoms with Gasteiger partial charge in [-0.1, -0.05) is 48.5 Å². The third-order valence-corrected chi connectivity index (χ3v) is 11.7. The molecule has 2 unspecified atom stereocenters. The smallest absolute Gasteiger partial charge is 0.327 e. The largest absolute Gasteiger partial charge is 0.480 e. The number of carboxylic acid groups (broad SMARTS) is 1. The van der Waals surface area contributed by atoms with Crippen molar-refractivity contribution in [1.82, 2.24) is 52.4 Å². The lowest BCUT2D eigenvalue weighted by Crippen LogP contribution is -2.60. The van der Waals surface area contributed by atoms with Gasteiger partial charge in [-0.2, -0.15) is 25.3 Å². The highest BCUT2D eigenvalue weighted by atomic mass is 32.1. The second-order valence-corrected chi connectivity index (χ2v) is 17.6. The summed E-state index contributed by atoms with van der Waals surface area (Å²) >= 11 is 7.91. The molecule has 8 atom stereocenters. The van der Waals surface area contributed by atoms with E-state index in [0.29, 0.717) is 36.2 Å². The van der Waals surface area contributed by atoms with Crippen molar-refractivity contribution in [3.63, 3.8) is 0 Å². The number of para-hydroxylation sites is 1. The molecule has 26 nitrogen and oxygen atoms in total. The van der Waals surface area contributed by atoms with Crippen molar-refractivity contribution in [2.45, 2.75) is 100 Å². The van der Waals surface area contributed by atoms with Gasteiger partial charge in [-0.15, -0.1) is 0 Å². The van der Waals surface area contributed by atoms with E-state index in [-0.39, 0.29) is 62.1 Å². The van der Waals surface area contributed by atoms with Gasteiger partial charge >= 0.3 is 5.97 Å². The van der Waals surface area contributed by atoms with E-state index < -0.39 is 96.4 Å². The number of nitrogens with zero attached hydrogens (tertiary/aromatic N) is 3. The minimum Gasteiger partial charge on any atom is -0.480 e. The highest BCUT2D eigenvalue weighted by Gasteiger charge is 2.32. The van der Waals surface area contributed by atoms with E-state index in [0.717, 1.165) is 10.9 Å². The molecule has 5 amide bonds. The van der Waals surface area contributed by atoms with Gasteiger partial charge < -0.3 is 79.9 Å². The van der Waals surface area contributed by atoms with Crippen LogP contribution in [0.4, 0.5) is 0 Å². The number of hydrazine groups is 1. The molecule has 2 aromatic carbocycles. The summed E-state index contributed by atoms with van der Waals surface area (Å²) in [6.07, 6.45) is 4.00. The van der Waals surface area contributed by atoms with Gasteiger partial charge in [-0.3, -0.25) is 34.0 Å². The average Bonchev–Trinajstić information content (AvgIpc) is 4.07. The van der Waals surface area contributed by atoms with Gasteiger partial charge in [-0.25, -0.2) is 20.6 Å². The quantitative estimate of drug-likeness (QED) is 0.00577. The van der Waals surface area contributed by atoms with Crippen LogP contribution in [0.15, 0.2) is 83.3 Å². The molecular formula is C47H69N17O9S2. The predicted octanol–water partition coefficient (Wildman–Crippen LogP) is -3.04. The van der Waals surface area contributed by atoms with E-state index in [9.17, 15) is 43.5 Å². The van der Waals surface area contributed by atoms with Crippen molar-refractivity contribution in [3.05, 3.63) is 90.1 Å². The topological polar surface area (TPSA) is 440 Å². The fraction of sp³-hybridized carbons (Fsp3) is 0.426. The van der Waals surface area contributed by atoms with Crippen molar-refractivity contribution < 1.29 is 46.2 Å². The summed E-state index contributed by atoms with van der Waals surface area (Å²) in [5.74, 6) is -5.09. The standard InChI is InChI=1S/C38H50N12O7S.C9H19N5O2S/c1-22(49-50-26(19-51)16-25-18-41-21-44-25)33(52)46-30(14-23-8-3-2-4-9-23)35(54)45-29(12-7-13-42-38(39)40)34(53)47-31(36(55)48-32(20-58)37(56)57)15-24-17-43-28-11-6-5-10-27(24)28;10-7(2-1-3-13-9(11)12)8(16)14-6(4-15)5-17/h2-6,8-11,17-19,21-22,26,29-32,43,49-50,58H,7,12-16,20H2,1H3,(H,41,44)(H,45,54)(H,46,52)(H,47,53)(H,48,55)(H,56,57)(H4,39,40,42);4,6-7,17H,1-3,5,10H2,(H,14,16)(H4,11,12,13)/t22-,26-,29-,30?,31?,32-;6-,7+/m01/s1/i19D;4D. The molecule has 408 valence electrons. The summed E-state index contributed by atoms with van der Waals surface area (Å²) in [7, 11) is 0. The normalized spacial score (nSPS) is 14.4. The maximum absolute atomic E-state index is 14.1. The first-order valence-corrected chi connectivity index (χ1v) is 24.8. The fourth-order valence-electron chi connectivity index (χ4n) is 6.93. The van der Waals surface area contributed by atoms with Crippen molar-refractivity contribution >= 4 is 96.1 Å². The summed E-state index contributed by atoms with van der Waals surface area (Å²) in [4.78, 5) is 119. The number of thiol groups is 2. The Labute approximate surface area is 446 Å². The van der Waals surface area contributed by atoms with E-state index >= 15 is 0 Å². The van der Waals surface area contributed by atoms with Crippen LogP contribution in [0, 0.1) is 0 Å². The predicted molar refractivity (Wildman–Crippen MR) is 289 cm³/mol. The number of aromatic amines is 2. The monoisotopic (exact) mass is 1080 g/mol. The summed E-state index contributed by atoms with van der Waals surface area (Å²) in [5.41, 5.74) is 35.0. The first-order valence-electron chi connectivity index (χ1n) is 24.5. The highest BCUT2D eigenvalue weighted by Crippen LogP contribution is 2.20. The van der Waals surface area contributed by atoms with Crippen LogP contribution < -0.4 is 66.1 Å². The summed E-state index contributed by atoms with van der Waals surface area (Å²) in [6, 6.07) is 7.26. The Morgan fingerprint density at radius 3 is 1.85 bits per heavy atom. The zero-order valence-corrected chi connectivity index (χ0v) is 43.0. The van der Waals surface area contributed by atoms with Crippen LogP contribution >= 0.6 is 25.3 Å². The molecule has 0 saturated heterocycles. The zero-order valence-electron chi connectivity index (χ0n) is 43.2. The summed E-state index contributed by atoms with van der Waals surface area (Å²) in [5, 5.41) is 23.3. The molecule has 0 bridgehead atoms. The van der Waals surface area contributed by atoms with Gasteiger partial charge in [0.15, 0.2) is 11.9 Å². The van der Waals surface area contributed by atoms with Gasteiger partial charge in [0.1, 0.15) is 39.4 Å². The number of carboxylic acids is 1. The molecule has 0 aliphatic rings. The Kier molecular flexibility index (Phi) is 25.9. The Bertz CT molecular complexity index is 2620. The lowest BCUT2D eigenvalue weighted by Gasteiger charge is -2.27. The van der Waals surface area contributed by atoms with Crippen LogP contribution in [0.3, 0.4) is 0 Å². The van der Waals surface area contributed by atoms with E-state index in [2.05, 4.69) is 87.6 Å². The second kappa shape index (κ2) is 33.3. The first-order chi connectivity index (χ1) is 36.6. The molecule has 0 aliphatic heterocycles. The number of nitrogens with two attached hydrogens (primary N) is 5. The molecule has 0 fully saturated rings. The molecule has 2 aromatic heterocycles. The van der Waals surface area contributed by atoms with Gasteiger partial charge in [0, 0.05) is 72.8 Å². The second-order valence-electron chi connectivity index (χ2n) is 16.8. The molecule has 0 saturated carbocycles. The molecule has 0 aliphatic carbocycles. The third-order valence-electron chi connectivity index (χ3n) is 11.0. The van der Waals surface area contributed by atoms with Crippen LogP contribution in [-0.2, 0) is 57.6 Å². The van der Waals surface area contributed by atoms with Crippen LogP contribution in [0.2, 0.25) is 0 Å². The molecule has 4 rings (SSSR count). The van der Waals surface area contributed by atoms with Crippen LogP contribution in [0.25, 0.3) is 10.9 Å². The number of imidazole rings is 1. The van der Waals surface area contributed by atoms with Crippen molar-refractivity contribution in [2.24, 2.45) is 38.7 Å². The minimum absolute atomic E-state index is 0.00305. The first kappa shape index (κ1) is 58.4. The van der Waals surface area contributed by atoms with E-state index in [4.69, 9.17) is 31.4 Å². The van der Waals surface area contributed by atoms with Gasteiger partial charge in [-0.05, 0) is 49.8 Å². The number of hydrogen-bond acceptors (Lipinski definition) is 16. The number of rotatable bonds is 32. The van der Waals surface area contributed by atoms with Gasteiger partial charge in [0.25, 0.3) is 0 Å². The number of aliphatic imine (C=N–C) groups is 2. The number of H-pyrrole nitrogens is 2. The molecule has 75 heavy (non-hydrogen) atoms. The number of benzene rings is 2. The summed E-state index contributed by atoms with van der Waals surface area (Å²) < 4.78 is 14.5. The molecule has 20 N–H and O–H groups in total. The van der Waals surface area contributed by atoms with E-state index in [1.807, 2.05) is 24.3 Å². The molecular weight excluding hydrogens is 1010 g/mol. The number of aliphatic carboxylic acids is 1. The van der Waals surface area contributed by atoms with Gasteiger partial charge in [0.2, 0.25) is 29.5 Å². The Morgan fingerprint density at radius 2 is 1.27 bits per heavy atom. The van der Waals surface area contributed by atoms with Gasteiger partial charge in [0.05, 0.1) is 30.5 Å². The minimum atomic E-state index is -1.35. The summed E-state index contributed by atoms with van der Waals surface area (Å²) in [6.45, 7) is 1.98. The molecule has 4 aromatic rings. The number of aldehydes is 2. The number of guanidine groups is 2. The Balaban J connectivity index is 0.000000737. The van der Waals surface area contributed by atoms with Crippen LogP contribution in [0.1, 0.15) is 52.2 Å². The van der Waals surface area contributed by atoms with Crippen LogP contribution in [-0.4, -0.2) is 153 Å². The number of nitrogens with one attached hydrogen (secondary N) is 9. The fourth-order valence-corrected chi connectivity index (χ4v) is 7.34. The average molecular weight is 1080 g/mol. The Morgan fingerprint density at radius 1 is 0.693 bits per heavy atom. The van der Waals surface area contributed by atoms with E-state index in [1.165, 1.54) is 19.4 Å². The number of fused-ring (bicyclic) bond motifs is 1. The molecule has 0 spiro atoms. The molecule has 0 radical (unpaired) electrons. The SMILES string of the molecule is [2H]C(=O)[C@H](CS)NC(=O)[C@@H](N)CCCN=C(N)N.[2H]C(=O)[C@H](Cc1cnc[nH]1)NN[C@@H](C)C(=O)NC(Cc1ccccc1)C(=O)N[C@@H](CCCN=C(N)N)C(=O)NC(Cc1c[nH]c2ccccc12)C(=O)N[C@@H](CS)C(=O)O. The lowest BCUT2D eigenvalue weighted by atomic mass is 10.0. The van der Waals surface area contributed by atoms with Crippen molar-refractivity contribution in [1.29, 1.82) is 0 Å². The number of carbonyl (C=O) groups is 8. The number of hydrogen-bond donors (Lipinski definition) is 17. The molecule has 28 heteroatoms. The third kappa shape index (κ3) is 22.6. The van der Waals surface area contributed by atoms with Crippen molar-refractivity contribution in [2.75, 3.05) is 24.6 Å². The highest BCUT2D eigenvalue weighted by molar-refractivity contribution is 7.80. The molecule has 2 heterocycles. The lowest BCUT2D eigenvalue weighted by molar-refractivity contribution is -0.141. The maximum atomic E-state index is 14.1. The zero-order chi connectivity index (χ0) is 57.0. The number of aromatic nitrogens is 3. The van der Waals surface area contributed by atoms with Crippen LogP contribution in [0.5, 0.6) is 0 Å². The maximum Gasteiger partial charge on any atom is 0.327 e. The number of carbonyl (C=O) groups excluding carboxylic acids is 7. The Hall–Kier alpha value is -7.53. The van der Waals surface area contributed by atoms with E-state index in [1.54, 1.807) is 36.5 Å².